The van der Waals surface area contributed by atoms with Gasteiger partial charge in [-0.2, -0.15) is 5.26 Å². The molecular weight excluding hydrogens is 296 g/mol. The lowest BCUT2D eigenvalue weighted by atomic mass is 10.2. The summed E-state index contributed by atoms with van der Waals surface area (Å²) in [7, 11) is 1.73. The van der Waals surface area contributed by atoms with E-state index in [9.17, 15) is 9.59 Å². The van der Waals surface area contributed by atoms with Gasteiger partial charge in [-0.25, -0.2) is 0 Å². The van der Waals surface area contributed by atoms with Crippen LogP contribution in [0.2, 0.25) is 0 Å². The van der Waals surface area contributed by atoms with E-state index < -0.39 is 0 Å². The molecule has 0 radical (unpaired) electrons. The molecule has 122 valence electrons. The molecule has 1 aliphatic rings. The molecule has 2 amide bonds. The van der Waals surface area contributed by atoms with Crippen molar-refractivity contribution < 1.29 is 14.3 Å². The van der Waals surface area contributed by atoms with E-state index in [2.05, 4.69) is 5.32 Å². The number of anilines is 1. The number of hydrogen-bond acceptors (Lipinski definition) is 5. The maximum Gasteiger partial charge on any atom is 0.238 e. The minimum absolute atomic E-state index is 0.00183. The molecule has 0 aliphatic carbocycles. The van der Waals surface area contributed by atoms with Gasteiger partial charge in [-0.1, -0.05) is 0 Å². The van der Waals surface area contributed by atoms with Crippen LogP contribution < -0.4 is 5.32 Å². The second-order valence-corrected chi connectivity index (χ2v) is 5.40. The molecule has 0 saturated carbocycles. The van der Waals surface area contributed by atoms with Crippen molar-refractivity contribution in [1.29, 1.82) is 5.26 Å². The number of rotatable bonds is 5. The monoisotopic (exact) mass is 316 g/mol. The molecule has 1 aliphatic heterocycles. The van der Waals surface area contributed by atoms with Crippen molar-refractivity contribution in [1.82, 2.24) is 9.80 Å². The Bertz CT molecular complexity index is 588. The van der Waals surface area contributed by atoms with Crippen LogP contribution in [-0.2, 0) is 14.3 Å². The van der Waals surface area contributed by atoms with Gasteiger partial charge in [-0.3, -0.25) is 14.5 Å². The lowest BCUT2D eigenvalue weighted by molar-refractivity contribution is -0.136. The first-order chi connectivity index (χ1) is 11.1. The van der Waals surface area contributed by atoms with Gasteiger partial charge in [-0.05, 0) is 31.3 Å². The summed E-state index contributed by atoms with van der Waals surface area (Å²) < 4.78 is 5.21. The second kappa shape index (κ2) is 8.27. The Morgan fingerprint density at radius 3 is 2.52 bits per heavy atom. The summed E-state index contributed by atoms with van der Waals surface area (Å²) in [5, 5.41) is 11.5. The largest absolute Gasteiger partial charge is 0.378 e. The second-order valence-electron chi connectivity index (χ2n) is 5.40. The first-order valence-corrected chi connectivity index (χ1v) is 7.42. The van der Waals surface area contributed by atoms with Crippen LogP contribution in [0.5, 0.6) is 0 Å². The van der Waals surface area contributed by atoms with Crippen molar-refractivity contribution in [3.05, 3.63) is 29.8 Å². The smallest absolute Gasteiger partial charge is 0.238 e. The Hall–Kier alpha value is -2.43. The van der Waals surface area contributed by atoms with Crippen LogP contribution in [0.15, 0.2) is 24.3 Å². The normalized spacial score (nSPS) is 14.4. The number of nitrogens with one attached hydrogen (secondary N) is 1. The molecule has 7 heteroatoms. The molecule has 2 rings (SSSR count). The lowest BCUT2D eigenvalue weighted by Crippen LogP contribution is -2.46. The number of nitrogens with zero attached hydrogens (tertiary/aromatic N) is 3. The number of carbonyl (C=O) groups excluding carboxylic acids is 2. The van der Waals surface area contributed by atoms with E-state index in [4.69, 9.17) is 10.00 Å². The van der Waals surface area contributed by atoms with E-state index in [1.165, 1.54) is 0 Å². The Morgan fingerprint density at radius 1 is 1.26 bits per heavy atom. The maximum atomic E-state index is 12.1. The minimum atomic E-state index is -0.202. The highest BCUT2D eigenvalue weighted by atomic mass is 16.5. The van der Waals surface area contributed by atoms with Crippen LogP contribution in [-0.4, -0.2) is 68.1 Å². The van der Waals surface area contributed by atoms with Gasteiger partial charge in [0.2, 0.25) is 11.8 Å². The average molecular weight is 316 g/mol. The zero-order chi connectivity index (χ0) is 16.7. The van der Waals surface area contributed by atoms with Gasteiger partial charge in [0.05, 0.1) is 37.9 Å². The van der Waals surface area contributed by atoms with Crippen molar-refractivity contribution in [3.63, 3.8) is 0 Å². The molecule has 0 atom stereocenters. The van der Waals surface area contributed by atoms with Crippen LogP contribution in [0.1, 0.15) is 5.56 Å². The minimum Gasteiger partial charge on any atom is -0.378 e. The van der Waals surface area contributed by atoms with E-state index in [1.54, 1.807) is 41.1 Å². The molecule has 1 N–H and O–H groups in total. The van der Waals surface area contributed by atoms with Crippen LogP contribution in [0.3, 0.4) is 0 Å². The number of morpholine rings is 1. The number of carbonyl (C=O) groups is 2. The molecule has 7 nitrogen and oxygen atoms in total. The highest BCUT2D eigenvalue weighted by molar-refractivity contribution is 5.92. The zero-order valence-corrected chi connectivity index (χ0v) is 13.1. The van der Waals surface area contributed by atoms with Gasteiger partial charge >= 0.3 is 0 Å². The quantitative estimate of drug-likeness (QED) is 0.844. The molecule has 0 aromatic heterocycles. The maximum absolute atomic E-state index is 12.1. The van der Waals surface area contributed by atoms with Gasteiger partial charge in [0.1, 0.15) is 0 Å². The molecule has 1 heterocycles. The molecule has 1 aromatic rings. The molecular formula is C16H20N4O3. The van der Waals surface area contributed by atoms with Gasteiger partial charge in [0, 0.05) is 18.8 Å². The predicted octanol–water partition coefficient (Wildman–Crippen LogP) is 0.287. The van der Waals surface area contributed by atoms with Crippen LogP contribution >= 0.6 is 0 Å². The lowest BCUT2D eigenvalue weighted by Gasteiger charge is -2.28. The summed E-state index contributed by atoms with van der Waals surface area (Å²) >= 11 is 0. The van der Waals surface area contributed by atoms with Gasteiger partial charge in [0.15, 0.2) is 0 Å². The van der Waals surface area contributed by atoms with Crippen molar-refractivity contribution in [3.8, 4) is 6.07 Å². The molecule has 1 aromatic carbocycles. The van der Waals surface area contributed by atoms with Gasteiger partial charge < -0.3 is 15.0 Å². The number of benzene rings is 1. The van der Waals surface area contributed by atoms with E-state index in [0.717, 1.165) is 0 Å². The molecule has 1 saturated heterocycles. The van der Waals surface area contributed by atoms with Crippen molar-refractivity contribution in [2.75, 3.05) is 51.8 Å². The number of likely N-dealkylation sites (N-methyl/N-ethyl adjacent to an activating group) is 1. The van der Waals surface area contributed by atoms with Crippen molar-refractivity contribution in [2.45, 2.75) is 0 Å². The topological polar surface area (TPSA) is 85.7 Å². The Morgan fingerprint density at radius 2 is 1.91 bits per heavy atom. The third-order valence-electron chi connectivity index (χ3n) is 3.48. The summed E-state index contributed by atoms with van der Waals surface area (Å²) in [5.41, 5.74) is 1.16. The van der Waals surface area contributed by atoms with E-state index in [-0.39, 0.29) is 24.9 Å². The molecule has 0 spiro atoms. The van der Waals surface area contributed by atoms with Crippen LogP contribution in [0.25, 0.3) is 0 Å². The van der Waals surface area contributed by atoms with Crippen molar-refractivity contribution in [2.24, 2.45) is 0 Å². The van der Waals surface area contributed by atoms with Gasteiger partial charge in [0.25, 0.3) is 0 Å². The molecule has 23 heavy (non-hydrogen) atoms. The van der Waals surface area contributed by atoms with Crippen LogP contribution in [0.4, 0.5) is 5.69 Å². The third-order valence-corrected chi connectivity index (χ3v) is 3.48. The van der Waals surface area contributed by atoms with Gasteiger partial charge in [-0.15, -0.1) is 0 Å². The predicted molar refractivity (Wildman–Crippen MR) is 84.7 cm³/mol. The Balaban J connectivity index is 1.77. The van der Waals surface area contributed by atoms with Crippen LogP contribution in [0, 0.1) is 11.3 Å². The highest BCUT2D eigenvalue weighted by Gasteiger charge is 2.19. The molecule has 1 fully saturated rings. The first-order valence-electron chi connectivity index (χ1n) is 7.42. The molecule has 0 unspecified atom stereocenters. The van der Waals surface area contributed by atoms with E-state index >= 15 is 0 Å². The highest BCUT2D eigenvalue weighted by Crippen LogP contribution is 2.08. The Kier molecular flexibility index (Phi) is 6.09. The van der Waals surface area contributed by atoms with E-state index in [1.807, 2.05) is 6.07 Å². The van der Waals surface area contributed by atoms with E-state index in [0.29, 0.717) is 37.6 Å². The average Bonchev–Trinajstić information content (AvgIpc) is 2.56. The summed E-state index contributed by atoms with van der Waals surface area (Å²) in [6.45, 7) is 2.65. The summed E-state index contributed by atoms with van der Waals surface area (Å²) in [6, 6.07) is 8.65. The SMILES string of the molecule is CN(CC(=O)Nc1ccc(C#N)cc1)CC(=O)N1CCOCC1. The van der Waals surface area contributed by atoms with Crippen molar-refractivity contribution >= 4 is 17.5 Å². The number of nitriles is 1. The standard InChI is InChI=1S/C16H20N4O3/c1-19(12-16(22)20-6-8-23-9-7-20)11-15(21)18-14-4-2-13(10-17)3-5-14/h2-5H,6-9,11-12H2,1H3,(H,18,21). The first kappa shape index (κ1) is 16.9. The summed E-state index contributed by atoms with van der Waals surface area (Å²) in [5.74, 6) is -0.200. The third kappa shape index (κ3) is 5.36. The summed E-state index contributed by atoms with van der Waals surface area (Å²) in [4.78, 5) is 27.5. The fourth-order valence-corrected chi connectivity index (χ4v) is 2.27. The summed E-state index contributed by atoms with van der Waals surface area (Å²) in [6.07, 6.45) is 0. The number of hydrogen-bond donors (Lipinski definition) is 1. The molecule has 0 bridgehead atoms. The number of ether oxygens (including phenoxy) is 1. The zero-order valence-electron chi connectivity index (χ0n) is 13.1. The Labute approximate surface area is 135 Å². The fourth-order valence-electron chi connectivity index (χ4n) is 2.27. The number of amides is 2. The fraction of sp³-hybridized carbons (Fsp3) is 0.438.